The van der Waals surface area contributed by atoms with Crippen molar-refractivity contribution in [2.75, 3.05) is 19.6 Å². The predicted molar refractivity (Wildman–Crippen MR) is 50.8 cm³/mol. The molecule has 3 amide bonds. The highest BCUT2D eigenvalue weighted by atomic mass is 16.2. The third-order valence-electron chi connectivity index (χ3n) is 2.75. The average Bonchev–Trinajstić information content (AvgIpc) is 2.51. The predicted octanol–water partition coefficient (Wildman–Crippen LogP) is -0.320. The minimum Gasteiger partial charge on any atom is -0.329 e. The van der Waals surface area contributed by atoms with Gasteiger partial charge in [-0.05, 0) is 19.4 Å². The Balaban J connectivity index is 1.89. The van der Waals surface area contributed by atoms with Crippen LogP contribution in [0, 0.1) is 0 Å². The van der Waals surface area contributed by atoms with Crippen LogP contribution in [0.1, 0.15) is 19.3 Å². The van der Waals surface area contributed by atoms with Crippen LogP contribution in [0.3, 0.4) is 0 Å². The second kappa shape index (κ2) is 3.96. The molecule has 0 saturated carbocycles. The quantitative estimate of drug-likeness (QED) is 0.596. The molecule has 0 aromatic heterocycles. The lowest BCUT2D eigenvalue weighted by Gasteiger charge is -2.26. The Morgan fingerprint density at radius 3 is 2.79 bits per heavy atom. The average molecular weight is 197 g/mol. The van der Waals surface area contributed by atoms with Gasteiger partial charge in [0.25, 0.3) is 0 Å². The van der Waals surface area contributed by atoms with E-state index in [1.807, 2.05) is 0 Å². The van der Waals surface area contributed by atoms with Gasteiger partial charge in [0.05, 0.1) is 6.54 Å². The van der Waals surface area contributed by atoms with Gasteiger partial charge in [-0.15, -0.1) is 0 Å². The summed E-state index contributed by atoms with van der Waals surface area (Å²) in [5, 5.41) is 5.83. The second-order valence-electron chi connectivity index (χ2n) is 3.81. The van der Waals surface area contributed by atoms with Crippen LogP contribution in [0.25, 0.3) is 0 Å². The van der Waals surface area contributed by atoms with E-state index in [2.05, 4.69) is 10.6 Å². The topological polar surface area (TPSA) is 61.4 Å². The number of urea groups is 1. The first-order valence-electron chi connectivity index (χ1n) is 5.09. The van der Waals surface area contributed by atoms with Gasteiger partial charge < -0.3 is 10.6 Å². The molecule has 2 rings (SSSR count). The lowest BCUT2D eigenvalue weighted by Crippen LogP contribution is -2.45. The summed E-state index contributed by atoms with van der Waals surface area (Å²) < 4.78 is 0. The van der Waals surface area contributed by atoms with Crippen molar-refractivity contribution in [2.45, 2.75) is 25.3 Å². The number of imide groups is 1. The summed E-state index contributed by atoms with van der Waals surface area (Å²) in [5.74, 6) is -0.109. The normalized spacial score (nSPS) is 28.0. The molecule has 0 bridgehead atoms. The summed E-state index contributed by atoms with van der Waals surface area (Å²) in [4.78, 5) is 23.8. The van der Waals surface area contributed by atoms with Crippen LogP contribution in [-0.4, -0.2) is 42.5 Å². The van der Waals surface area contributed by atoms with E-state index in [-0.39, 0.29) is 24.5 Å². The molecule has 2 saturated heterocycles. The Bertz CT molecular complexity index is 232. The fraction of sp³-hybridized carbons (Fsp3) is 0.778. The van der Waals surface area contributed by atoms with E-state index in [4.69, 9.17) is 0 Å². The Morgan fingerprint density at radius 1 is 1.36 bits per heavy atom. The summed E-state index contributed by atoms with van der Waals surface area (Å²) in [6.45, 7) is 1.67. The van der Waals surface area contributed by atoms with E-state index < -0.39 is 0 Å². The molecule has 1 unspecified atom stereocenters. The largest absolute Gasteiger partial charge is 0.329 e. The standard InChI is InChI=1S/C9H15N3O2/c13-8-5-11-9(14)12(8)6-7-3-1-2-4-10-7/h7,10H,1-6H2,(H,11,14). The van der Waals surface area contributed by atoms with Gasteiger partial charge in [0.2, 0.25) is 5.91 Å². The number of carbonyl (C=O) groups excluding carboxylic acids is 2. The Hall–Kier alpha value is -1.10. The van der Waals surface area contributed by atoms with Crippen molar-refractivity contribution in [3.63, 3.8) is 0 Å². The smallest absolute Gasteiger partial charge is 0.324 e. The van der Waals surface area contributed by atoms with Crippen LogP contribution in [-0.2, 0) is 4.79 Å². The van der Waals surface area contributed by atoms with E-state index in [9.17, 15) is 9.59 Å². The van der Waals surface area contributed by atoms with E-state index >= 15 is 0 Å². The SMILES string of the molecule is O=C1CNC(=O)N1CC1CCCCN1. The van der Waals surface area contributed by atoms with Gasteiger partial charge in [-0.2, -0.15) is 0 Å². The highest BCUT2D eigenvalue weighted by molar-refractivity contribution is 6.01. The summed E-state index contributed by atoms with van der Waals surface area (Å²) >= 11 is 0. The van der Waals surface area contributed by atoms with Crippen LogP contribution < -0.4 is 10.6 Å². The third kappa shape index (κ3) is 1.87. The molecule has 2 aliphatic heterocycles. The van der Waals surface area contributed by atoms with Crippen molar-refractivity contribution < 1.29 is 9.59 Å². The number of rotatable bonds is 2. The molecule has 2 fully saturated rings. The number of carbonyl (C=O) groups is 2. The van der Waals surface area contributed by atoms with Gasteiger partial charge in [-0.1, -0.05) is 6.42 Å². The lowest BCUT2D eigenvalue weighted by atomic mass is 10.0. The molecular formula is C9H15N3O2. The number of hydrogen-bond donors (Lipinski definition) is 2. The first-order valence-corrected chi connectivity index (χ1v) is 5.09. The van der Waals surface area contributed by atoms with E-state index in [1.54, 1.807) is 0 Å². The van der Waals surface area contributed by atoms with E-state index in [0.717, 1.165) is 13.0 Å². The van der Waals surface area contributed by atoms with E-state index in [0.29, 0.717) is 6.54 Å². The second-order valence-corrected chi connectivity index (χ2v) is 3.81. The highest BCUT2D eigenvalue weighted by Crippen LogP contribution is 2.10. The molecule has 0 spiro atoms. The van der Waals surface area contributed by atoms with Crippen molar-refractivity contribution in [3.8, 4) is 0 Å². The molecular weight excluding hydrogens is 182 g/mol. The molecule has 2 heterocycles. The maximum atomic E-state index is 11.3. The minimum absolute atomic E-state index is 0.109. The summed E-state index contributed by atoms with van der Waals surface area (Å²) in [6, 6.07) is 0.0407. The molecule has 14 heavy (non-hydrogen) atoms. The highest BCUT2D eigenvalue weighted by Gasteiger charge is 2.30. The van der Waals surface area contributed by atoms with Gasteiger partial charge in [0, 0.05) is 12.6 Å². The lowest BCUT2D eigenvalue weighted by molar-refractivity contribution is -0.125. The molecule has 2 aliphatic rings. The summed E-state index contributed by atoms with van der Waals surface area (Å²) in [7, 11) is 0. The monoisotopic (exact) mass is 197 g/mol. The molecule has 0 aromatic rings. The van der Waals surface area contributed by atoms with Gasteiger partial charge >= 0.3 is 6.03 Å². The molecule has 78 valence electrons. The molecule has 0 aromatic carbocycles. The maximum Gasteiger partial charge on any atom is 0.324 e. The maximum absolute atomic E-state index is 11.3. The Kier molecular flexibility index (Phi) is 2.67. The fourth-order valence-electron chi connectivity index (χ4n) is 1.94. The minimum atomic E-state index is -0.248. The van der Waals surface area contributed by atoms with Crippen molar-refractivity contribution >= 4 is 11.9 Å². The molecule has 5 heteroatoms. The number of nitrogens with one attached hydrogen (secondary N) is 2. The van der Waals surface area contributed by atoms with Crippen molar-refractivity contribution in [3.05, 3.63) is 0 Å². The zero-order valence-electron chi connectivity index (χ0n) is 8.08. The molecule has 1 atom stereocenters. The van der Waals surface area contributed by atoms with E-state index in [1.165, 1.54) is 17.7 Å². The first kappa shape index (κ1) is 9.45. The molecule has 2 N–H and O–H groups in total. The Morgan fingerprint density at radius 2 is 2.21 bits per heavy atom. The fourth-order valence-corrected chi connectivity index (χ4v) is 1.94. The molecule has 0 aliphatic carbocycles. The molecule has 5 nitrogen and oxygen atoms in total. The van der Waals surface area contributed by atoms with Gasteiger partial charge in [0.15, 0.2) is 0 Å². The first-order chi connectivity index (χ1) is 6.77. The summed E-state index contributed by atoms with van der Waals surface area (Å²) in [6.07, 6.45) is 3.43. The zero-order valence-corrected chi connectivity index (χ0v) is 8.08. The zero-order chi connectivity index (χ0) is 9.97. The third-order valence-corrected chi connectivity index (χ3v) is 2.75. The van der Waals surface area contributed by atoms with Crippen LogP contribution >= 0.6 is 0 Å². The van der Waals surface area contributed by atoms with Crippen molar-refractivity contribution in [2.24, 2.45) is 0 Å². The number of piperidine rings is 1. The van der Waals surface area contributed by atoms with Gasteiger partial charge in [-0.25, -0.2) is 4.79 Å². The number of hydrogen-bond acceptors (Lipinski definition) is 3. The Labute approximate surface area is 82.8 Å². The van der Waals surface area contributed by atoms with Crippen LogP contribution in [0.5, 0.6) is 0 Å². The van der Waals surface area contributed by atoms with Crippen LogP contribution in [0.4, 0.5) is 4.79 Å². The van der Waals surface area contributed by atoms with Gasteiger partial charge in [0.1, 0.15) is 0 Å². The van der Waals surface area contributed by atoms with Crippen molar-refractivity contribution in [1.29, 1.82) is 0 Å². The molecule has 0 radical (unpaired) electrons. The van der Waals surface area contributed by atoms with Crippen molar-refractivity contribution in [1.82, 2.24) is 15.5 Å². The van der Waals surface area contributed by atoms with Crippen LogP contribution in [0.15, 0.2) is 0 Å². The summed E-state index contributed by atoms with van der Waals surface area (Å²) in [5.41, 5.74) is 0. The number of nitrogens with zero attached hydrogens (tertiary/aromatic N) is 1. The van der Waals surface area contributed by atoms with Gasteiger partial charge in [-0.3, -0.25) is 9.69 Å². The van der Waals surface area contributed by atoms with Crippen LogP contribution in [0.2, 0.25) is 0 Å². The number of amides is 3.